The van der Waals surface area contributed by atoms with Crippen molar-refractivity contribution in [2.24, 2.45) is 0 Å². The minimum atomic E-state index is -0.558. The monoisotopic (exact) mass is 344 g/mol. The van der Waals surface area contributed by atoms with Crippen LogP contribution in [0.3, 0.4) is 0 Å². The third-order valence-electron chi connectivity index (χ3n) is 4.74. The third kappa shape index (κ3) is 2.67. The Balaban J connectivity index is 1.60. The average molecular weight is 344 g/mol. The van der Waals surface area contributed by atoms with Gasteiger partial charge in [0, 0.05) is 32.2 Å². The van der Waals surface area contributed by atoms with Crippen LogP contribution in [0.1, 0.15) is 11.3 Å². The summed E-state index contributed by atoms with van der Waals surface area (Å²) in [6.45, 7) is 6.70. The van der Waals surface area contributed by atoms with Crippen LogP contribution in [0.4, 0.5) is 20.2 Å². The molecule has 0 radical (unpaired) electrons. The molecular formula is C17H18F2N6. The first kappa shape index (κ1) is 15.7. The number of anilines is 2. The minimum absolute atomic E-state index is 0.441. The number of benzene rings is 1. The molecule has 0 saturated carbocycles. The van der Waals surface area contributed by atoms with E-state index in [2.05, 4.69) is 20.2 Å². The fourth-order valence-corrected chi connectivity index (χ4v) is 3.32. The molecule has 0 atom stereocenters. The van der Waals surface area contributed by atoms with Gasteiger partial charge >= 0.3 is 0 Å². The molecule has 3 aromatic rings. The number of rotatable bonds is 2. The van der Waals surface area contributed by atoms with E-state index < -0.39 is 11.6 Å². The van der Waals surface area contributed by atoms with Gasteiger partial charge in [0.2, 0.25) is 5.65 Å². The summed E-state index contributed by atoms with van der Waals surface area (Å²) in [6, 6.07) is 3.72. The number of hydrogen-bond donors (Lipinski definition) is 0. The second kappa shape index (κ2) is 5.94. The summed E-state index contributed by atoms with van der Waals surface area (Å²) in [4.78, 5) is 4.17. The van der Waals surface area contributed by atoms with Crippen molar-refractivity contribution in [2.45, 2.75) is 13.8 Å². The predicted molar refractivity (Wildman–Crippen MR) is 91.0 cm³/mol. The Morgan fingerprint density at radius 2 is 1.72 bits per heavy atom. The normalized spacial score (nSPS) is 15.2. The molecule has 4 rings (SSSR count). The molecule has 130 valence electrons. The lowest BCUT2D eigenvalue weighted by Gasteiger charge is -2.38. The number of nitrogens with zero attached hydrogens (tertiary/aromatic N) is 6. The first-order chi connectivity index (χ1) is 12.0. The van der Waals surface area contributed by atoms with Crippen molar-refractivity contribution in [3.8, 4) is 0 Å². The van der Waals surface area contributed by atoms with Crippen molar-refractivity contribution in [3.05, 3.63) is 47.4 Å². The van der Waals surface area contributed by atoms with Gasteiger partial charge in [-0.3, -0.25) is 0 Å². The van der Waals surface area contributed by atoms with Crippen molar-refractivity contribution in [3.63, 3.8) is 0 Å². The minimum Gasteiger partial charge on any atom is -0.366 e. The summed E-state index contributed by atoms with van der Waals surface area (Å²) >= 11 is 0. The Hall–Kier alpha value is -2.77. The van der Waals surface area contributed by atoms with Crippen LogP contribution in [0, 0.1) is 25.5 Å². The SMILES string of the molecule is Cc1nn2cnnc2c(N2CCN(c3ccc(F)cc3F)CC2)c1C. The molecule has 0 bridgehead atoms. The van der Waals surface area contributed by atoms with Gasteiger partial charge in [-0.15, -0.1) is 10.2 Å². The summed E-state index contributed by atoms with van der Waals surface area (Å²) in [7, 11) is 0. The van der Waals surface area contributed by atoms with E-state index in [0.717, 1.165) is 28.7 Å². The van der Waals surface area contributed by atoms with E-state index in [1.807, 2.05) is 18.7 Å². The molecule has 0 N–H and O–H groups in total. The lowest BCUT2D eigenvalue weighted by Crippen LogP contribution is -2.47. The lowest BCUT2D eigenvalue weighted by atomic mass is 10.1. The van der Waals surface area contributed by atoms with E-state index in [9.17, 15) is 8.78 Å². The smallest absolute Gasteiger partial charge is 0.201 e. The molecule has 0 spiro atoms. The van der Waals surface area contributed by atoms with Crippen LogP contribution >= 0.6 is 0 Å². The van der Waals surface area contributed by atoms with Crippen LogP contribution in [0.5, 0.6) is 0 Å². The van der Waals surface area contributed by atoms with Crippen LogP contribution in [0.25, 0.3) is 5.65 Å². The molecule has 1 aliphatic rings. The van der Waals surface area contributed by atoms with E-state index in [4.69, 9.17) is 0 Å². The Bertz CT molecular complexity index is 930. The second-order valence-corrected chi connectivity index (χ2v) is 6.23. The van der Waals surface area contributed by atoms with E-state index in [0.29, 0.717) is 31.9 Å². The van der Waals surface area contributed by atoms with Crippen LogP contribution < -0.4 is 9.80 Å². The van der Waals surface area contributed by atoms with E-state index >= 15 is 0 Å². The summed E-state index contributed by atoms with van der Waals surface area (Å²) in [5.74, 6) is -1.08. The highest BCUT2D eigenvalue weighted by molar-refractivity contribution is 5.73. The number of hydrogen-bond acceptors (Lipinski definition) is 5. The van der Waals surface area contributed by atoms with Gasteiger partial charge in [0.25, 0.3) is 0 Å². The third-order valence-corrected chi connectivity index (χ3v) is 4.74. The fourth-order valence-electron chi connectivity index (χ4n) is 3.32. The number of halogens is 2. The summed E-state index contributed by atoms with van der Waals surface area (Å²) in [6.07, 6.45) is 1.59. The Labute approximate surface area is 143 Å². The Kier molecular flexibility index (Phi) is 3.74. The second-order valence-electron chi connectivity index (χ2n) is 6.23. The van der Waals surface area contributed by atoms with Crippen LogP contribution in [0.2, 0.25) is 0 Å². The first-order valence-corrected chi connectivity index (χ1v) is 8.17. The molecule has 0 unspecified atom stereocenters. The van der Waals surface area contributed by atoms with Gasteiger partial charge in [0.05, 0.1) is 17.1 Å². The largest absolute Gasteiger partial charge is 0.366 e. The molecule has 0 aliphatic carbocycles. The number of aromatic nitrogens is 4. The van der Waals surface area contributed by atoms with Crippen molar-refractivity contribution in [1.82, 2.24) is 19.8 Å². The molecule has 1 aliphatic heterocycles. The highest BCUT2D eigenvalue weighted by Gasteiger charge is 2.24. The van der Waals surface area contributed by atoms with Gasteiger partial charge < -0.3 is 9.80 Å². The van der Waals surface area contributed by atoms with Crippen LogP contribution in [-0.2, 0) is 0 Å². The molecule has 1 aromatic carbocycles. The maximum atomic E-state index is 14.0. The van der Waals surface area contributed by atoms with Gasteiger partial charge in [-0.1, -0.05) is 0 Å². The van der Waals surface area contributed by atoms with Crippen LogP contribution in [-0.4, -0.2) is 46.0 Å². The zero-order valence-corrected chi connectivity index (χ0v) is 14.1. The molecular weight excluding hydrogens is 326 g/mol. The van der Waals surface area contributed by atoms with Gasteiger partial charge in [-0.25, -0.2) is 8.78 Å². The molecule has 1 saturated heterocycles. The van der Waals surface area contributed by atoms with Crippen LogP contribution in [0.15, 0.2) is 24.5 Å². The summed E-state index contributed by atoms with van der Waals surface area (Å²) in [5.41, 5.74) is 4.18. The fraction of sp³-hybridized carbons (Fsp3) is 0.353. The quantitative estimate of drug-likeness (QED) is 0.714. The number of fused-ring (bicyclic) bond motifs is 1. The zero-order chi connectivity index (χ0) is 17.6. The molecule has 0 amide bonds. The average Bonchev–Trinajstić information content (AvgIpc) is 3.04. The maximum absolute atomic E-state index is 14.0. The van der Waals surface area contributed by atoms with Gasteiger partial charge in [-0.05, 0) is 31.5 Å². The van der Waals surface area contributed by atoms with Gasteiger partial charge in [0.1, 0.15) is 18.0 Å². The number of piperazine rings is 1. The van der Waals surface area contributed by atoms with Crippen molar-refractivity contribution in [1.29, 1.82) is 0 Å². The molecule has 25 heavy (non-hydrogen) atoms. The maximum Gasteiger partial charge on any atom is 0.201 e. The highest BCUT2D eigenvalue weighted by atomic mass is 19.1. The lowest BCUT2D eigenvalue weighted by molar-refractivity contribution is 0.570. The zero-order valence-electron chi connectivity index (χ0n) is 14.1. The Morgan fingerprint density at radius 1 is 1.00 bits per heavy atom. The predicted octanol–water partition coefficient (Wildman–Crippen LogP) is 2.35. The van der Waals surface area contributed by atoms with Crippen molar-refractivity contribution >= 4 is 17.0 Å². The molecule has 6 nitrogen and oxygen atoms in total. The molecule has 1 fully saturated rings. The summed E-state index contributed by atoms with van der Waals surface area (Å²) in [5, 5.41) is 12.6. The van der Waals surface area contributed by atoms with E-state index in [1.54, 1.807) is 10.8 Å². The highest BCUT2D eigenvalue weighted by Crippen LogP contribution is 2.28. The summed E-state index contributed by atoms with van der Waals surface area (Å²) < 4.78 is 28.8. The van der Waals surface area contributed by atoms with E-state index in [1.165, 1.54) is 12.1 Å². The molecule has 8 heteroatoms. The van der Waals surface area contributed by atoms with Gasteiger partial charge in [-0.2, -0.15) is 9.61 Å². The topological polar surface area (TPSA) is 49.6 Å². The molecule has 3 heterocycles. The van der Waals surface area contributed by atoms with E-state index in [-0.39, 0.29) is 0 Å². The Morgan fingerprint density at radius 3 is 2.44 bits per heavy atom. The molecule has 2 aromatic heterocycles. The van der Waals surface area contributed by atoms with Crippen molar-refractivity contribution < 1.29 is 8.78 Å². The number of aryl methyl sites for hydroxylation is 1. The first-order valence-electron chi connectivity index (χ1n) is 8.17. The van der Waals surface area contributed by atoms with Gasteiger partial charge in [0.15, 0.2) is 0 Å². The standard InChI is InChI=1S/C17H18F2N6/c1-11-12(2)22-25-10-20-21-17(25)16(11)24-7-5-23(6-8-24)15-4-3-13(18)9-14(15)19/h3-4,9-10H,5-8H2,1-2H3. The van der Waals surface area contributed by atoms with Crippen molar-refractivity contribution in [2.75, 3.05) is 36.0 Å².